The number of hydrogen-bond acceptors (Lipinski definition) is 4. The summed E-state index contributed by atoms with van der Waals surface area (Å²) in [6, 6.07) is 21.9. The second-order valence-electron chi connectivity index (χ2n) is 6.29. The van der Waals surface area contributed by atoms with E-state index in [9.17, 15) is 9.59 Å². The second kappa shape index (κ2) is 7.92. The van der Waals surface area contributed by atoms with Gasteiger partial charge < -0.3 is 4.57 Å². The first kappa shape index (κ1) is 18.3. The van der Waals surface area contributed by atoms with Gasteiger partial charge >= 0.3 is 0 Å². The third kappa shape index (κ3) is 3.81. The van der Waals surface area contributed by atoms with E-state index in [1.165, 1.54) is 33.3 Å². The lowest BCUT2D eigenvalue weighted by atomic mass is 10.0. The third-order valence-corrected chi connectivity index (χ3v) is 6.39. The highest BCUT2D eigenvalue weighted by Crippen LogP contribution is 2.19. The van der Waals surface area contributed by atoms with E-state index in [0.29, 0.717) is 14.1 Å². The van der Waals surface area contributed by atoms with Crippen molar-refractivity contribution in [2.24, 2.45) is 7.05 Å². The second-order valence-corrected chi connectivity index (χ2v) is 8.30. The van der Waals surface area contributed by atoms with Crippen LogP contribution in [0.15, 0.2) is 76.9 Å². The zero-order chi connectivity index (χ0) is 19.5. The van der Waals surface area contributed by atoms with E-state index in [1.807, 2.05) is 60.0 Å². The van der Waals surface area contributed by atoms with Gasteiger partial charge in [0.1, 0.15) is 4.66 Å². The van der Waals surface area contributed by atoms with Crippen molar-refractivity contribution in [3.8, 4) is 11.1 Å². The van der Waals surface area contributed by atoms with Crippen molar-refractivity contribution in [2.45, 2.75) is 0 Å². The molecule has 0 amide bonds. The number of carbonyl (C=O) groups excluding carboxylic acids is 1. The molecule has 0 saturated heterocycles. The molecule has 0 unspecified atom stereocenters. The summed E-state index contributed by atoms with van der Waals surface area (Å²) in [6.07, 6.45) is 3.41. The molecule has 28 heavy (non-hydrogen) atoms. The molecular weight excluding hydrogens is 386 g/mol. The summed E-state index contributed by atoms with van der Waals surface area (Å²) in [5, 5.41) is 1.87. The molecular formula is C23H17NO2S2. The van der Waals surface area contributed by atoms with Gasteiger partial charge in [-0.3, -0.25) is 9.59 Å². The molecule has 0 fully saturated rings. The van der Waals surface area contributed by atoms with Gasteiger partial charge in [0, 0.05) is 13.1 Å². The predicted molar refractivity (Wildman–Crippen MR) is 117 cm³/mol. The predicted octanol–water partition coefficient (Wildman–Crippen LogP) is 3.67. The normalized spacial score (nSPS) is 12.5. The lowest BCUT2D eigenvalue weighted by Gasteiger charge is -2.01. The minimum Gasteiger partial charge on any atom is -0.302 e. The molecule has 2 heterocycles. The average Bonchev–Trinajstić information content (AvgIpc) is 3.35. The maximum Gasteiger partial charge on any atom is 0.268 e. The Morgan fingerprint density at radius 1 is 0.929 bits per heavy atom. The largest absolute Gasteiger partial charge is 0.302 e. The van der Waals surface area contributed by atoms with Crippen LogP contribution in [0.2, 0.25) is 0 Å². The maximum atomic E-state index is 12.6. The Bertz CT molecular complexity index is 1280. The van der Waals surface area contributed by atoms with Crippen LogP contribution in [0.4, 0.5) is 0 Å². The number of rotatable bonds is 4. The molecule has 4 aromatic rings. The average molecular weight is 404 g/mol. The number of ketones is 1. The van der Waals surface area contributed by atoms with Crippen LogP contribution in [0.25, 0.3) is 23.3 Å². The Balaban J connectivity index is 1.69. The van der Waals surface area contributed by atoms with Crippen LogP contribution in [0.1, 0.15) is 15.2 Å². The number of hydrogen-bond donors (Lipinski definition) is 0. The van der Waals surface area contributed by atoms with Gasteiger partial charge in [-0.05, 0) is 34.2 Å². The van der Waals surface area contributed by atoms with Crippen LogP contribution in [0.3, 0.4) is 0 Å². The zero-order valence-corrected chi connectivity index (χ0v) is 16.8. The van der Waals surface area contributed by atoms with Gasteiger partial charge in [-0.1, -0.05) is 60.7 Å². The van der Waals surface area contributed by atoms with E-state index >= 15 is 0 Å². The van der Waals surface area contributed by atoms with E-state index in [1.54, 1.807) is 13.1 Å². The van der Waals surface area contributed by atoms with Crippen LogP contribution in [-0.2, 0) is 7.05 Å². The first-order chi connectivity index (χ1) is 13.6. The van der Waals surface area contributed by atoms with Crippen LogP contribution in [0.5, 0.6) is 0 Å². The summed E-state index contributed by atoms with van der Waals surface area (Å²) in [4.78, 5) is 25.5. The highest BCUT2D eigenvalue weighted by Gasteiger charge is 2.06. The number of Topliss-reactive ketones (excluding diaryl/α,β-unsaturated/α-hetero) is 1. The Morgan fingerprint density at radius 2 is 1.64 bits per heavy atom. The van der Waals surface area contributed by atoms with Crippen LogP contribution in [-0.4, -0.2) is 10.4 Å². The van der Waals surface area contributed by atoms with Gasteiger partial charge in [0.15, 0.2) is 5.78 Å². The molecule has 0 aliphatic carbocycles. The minimum atomic E-state index is -0.0950. The molecule has 0 N–H and O–H groups in total. The third-order valence-electron chi connectivity index (χ3n) is 4.39. The zero-order valence-electron chi connectivity index (χ0n) is 15.2. The summed E-state index contributed by atoms with van der Waals surface area (Å²) in [5.41, 5.74) is 3.15. The van der Waals surface area contributed by atoms with Crippen molar-refractivity contribution in [3.05, 3.63) is 102 Å². The van der Waals surface area contributed by atoms with Gasteiger partial charge in [-0.2, -0.15) is 0 Å². The fourth-order valence-electron chi connectivity index (χ4n) is 2.86. The summed E-state index contributed by atoms with van der Waals surface area (Å²) >= 11 is 2.73. The van der Waals surface area contributed by atoms with E-state index in [4.69, 9.17) is 0 Å². The van der Waals surface area contributed by atoms with Gasteiger partial charge in [-0.15, -0.1) is 22.7 Å². The van der Waals surface area contributed by atoms with Crippen LogP contribution >= 0.6 is 22.7 Å². The Morgan fingerprint density at radius 3 is 2.32 bits per heavy atom. The molecule has 4 rings (SSSR count). The smallest absolute Gasteiger partial charge is 0.268 e. The molecule has 138 valence electrons. The van der Waals surface area contributed by atoms with E-state index < -0.39 is 0 Å². The molecule has 0 atom stereocenters. The van der Waals surface area contributed by atoms with E-state index in [0.717, 1.165) is 16.7 Å². The molecule has 2 aromatic heterocycles. The molecule has 2 aromatic carbocycles. The van der Waals surface area contributed by atoms with Gasteiger partial charge in [0.25, 0.3) is 5.56 Å². The van der Waals surface area contributed by atoms with Gasteiger partial charge in [0.2, 0.25) is 0 Å². The van der Waals surface area contributed by atoms with Crippen molar-refractivity contribution in [1.29, 1.82) is 0 Å². The topological polar surface area (TPSA) is 39.1 Å². The molecule has 5 heteroatoms. The first-order valence-electron chi connectivity index (χ1n) is 8.74. The van der Waals surface area contributed by atoms with Crippen molar-refractivity contribution in [3.63, 3.8) is 0 Å². The van der Waals surface area contributed by atoms with Crippen molar-refractivity contribution in [2.75, 3.05) is 0 Å². The molecule has 3 nitrogen and oxygen atoms in total. The lowest BCUT2D eigenvalue weighted by molar-refractivity contribution is 0.106. The number of aromatic nitrogens is 1. The van der Waals surface area contributed by atoms with E-state index in [2.05, 4.69) is 12.1 Å². The molecule has 0 radical (unpaired) electrons. The number of benzene rings is 2. The molecule has 0 saturated carbocycles. The molecule has 0 aliphatic heterocycles. The molecule has 0 spiro atoms. The SMILES string of the molecule is Cn1c(=O)/c(=C\c2ccc(-c3ccccc3)cc2)s/c1=C\C(=O)c1cccs1. The van der Waals surface area contributed by atoms with Crippen molar-refractivity contribution < 1.29 is 4.79 Å². The quantitative estimate of drug-likeness (QED) is 0.488. The Hall–Kier alpha value is -3.02. The molecule has 0 bridgehead atoms. The fraction of sp³-hybridized carbons (Fsp3) is 0.0435. The summed E-state index contributed by atoms with van der Waals surface area (Å²) < 4.78 is 2.79. The Kier molecular flexibility index (Phi) is 5.19. The van der Waals surface area contributed by atoms with Gasteiger partial charge in [-0.25, -0.2) is 0 Å². The first-order valence-corrected chi connectivity index (χ1v) is 10.4. The lowest BCUT2D eigenvalue weighted by Crippen LogP contribution is -2.29. The Labute approximate surface area is 170 Å². The monoisotopic (exact) mass is 403 g/mol. The maximum absolute atomic E-state index is 12.6. The number of carbonyl (C=O) groups is 1. The van der Waals surface area contributed by atoms with Crippen LogP contribution in [0, 0.1) is 0 Å². The number of thiophene rings is 1. The summed E-state index contributed by atoms with van der Waals surface area (Å²) in [7, 11) is 1.70. The molecule has 0 aliphatic rings. The van der Waals surface area contributed by atoms with Crippen LogP contribution < -0.4 is 14.8 Å². The van der Waals surface area contributed by atoms with E-state index in [-0.39, 0.29) is 11.3 Å². The van der Waals surface area contributed by atoms with Gasteiger partial charge in [0.05, 0.1) is 9.41 Å². The van der Waals surface area contributed by atoms with Crippen molar-refractivity contribution in [1.82, 2.24) is 4.57 Å². The minimum absolute atomic E-state index is 0.0781. The summed E-state index contributed by atoms with van der Waals surface area (Å²) in [5.74, 6) is -0.0781. The standard InChI is InChI=1S/C23H17NO2S2/c1-24-22(15-19(25)20-8-5-13-27-20)28-21(23(24)26)14-16-9-11-18(12-10-16)17-6-3-2-4-7-17/h2-15H,1H3/b21-14+,22-15-. The fourth-order valence-corrected chi connectivity index (χ4v) is 4.53. The highest BCUT2D eigenvalue weighted by molar-refractivity contribution is 7.12. The number of nitrogens with zero attached hydrogens (tertiary/aromatic N) is 1. The number of thiazole rings is 1. The highest BCUT2D eigenvalue weighted by atomic mass is 32.1. The van der Waals surface area contributed by atoms with Crippen molar-refractivity contribution >= 4 is 40.6 Å². The summed E-state index contributed by atoms with van der Waals surface area (Å²) in [6.45, 7) is 0.